The lowest BCUT2D eigenvalue weighted by Crippen LogP contribution is -2.30. The number of anilines is 1. The number of H-pyrrole nitrogens is 1. The molecule has 0 aliphatic rings. The number of nitrogens with two attached hydrogens (primary N) is 1. The highest BCUT2D eigenvalue weighted by molar-refractivity contribution is 5.82. The van der Waals surface area contributed by atoms with Gasteiger partial charge in [0.15, 0.2) is 0 Å². The smallest absolute Gasteiger partial charge is 0.260 e. The normalized spacial score (nSPS) is 10.5. The first-order valence-corrected chi connectivity index (χ1v) is 2.96. The van der Waals surface area contributed by atoms with Gasteiger partial charge in [0, 0.05) is 6.20 Å². The van der Waals surface area contributed by atoms with Crippen LogP contribution >= 0.6 is 0 Å². The number of hydrogen-bond acceptors (Lipinski definition) is 4. The van der Waals surface area contributed by atoms with Crippen LogP contribution in [0.3, 0.4) is 0 Å². The van der Waals surface area contributed by atoms with Crippen LogP contribution in [-0.2, 0) is 0 Å². The molecule has 0 spiro atoms. The van der Waals surface area contributed by atoms with E-state index in [1.165, 1.54) is 6.20 Å². The number of aromatic amines is 1. The van der Waals surface area contributed by atoms with Crippen LogP contribution in [-0.4, -0.2) is 15.2 Å². The molecule has 0 radical (unpaired) electrons. The largest absolute Gasteiger partial charge is 0.740 e. The zero-order valence-electron chi connectivity index (χ0n) is 5.48. The molecule has 0 saturated heterocycles. The average molecular weight is 151 g/mol. The number of rotatable bonds is 0. The quantitative estimate of drug-likeness (QED) is 0.379. The van der Waals surface area contributed by atoms with E-state index >= 15 is 0 Å². The van der Waals surface area contributed by atoms with Crippen LogP contribution in [0.15, 0.2) is 12.5 Å². The third-order valence-corrected chi connectivity index (χ3v) is 1.42. The lowest BCUT2D eigenvalue weighted by atomic mass is 10.4. The number of hydrogen-bond donors (Lipinski definition) is 2. The van der Waals surface area contributed by atoms with Crippen molar-refractivity contribution in [2.24, 2.45) is 0 Å². The van der Waals surface area contributed by atoms with Gasteiger partial charge in [-0.3, -0.25) is 9.83 Å². The predicted octanol–water partition coefficient (Wildman–Crippen LogP) is -0.827. The molecule has 0 unspecified atom stereocenters. The highest BCUT2D eigenvalue weighted by atomic mass is 16.5. The van der Waals surface area contributed by atoms with Crippen molar-refractivity contribution in [1.82, 2.24) is 15.2 Å². The molecule has 0 aliphatic carbocycles. The first kappa shape index (κ1) is 5.90. The Balaban J connectivity index is 2.93. The van der Waals surface area contributed by atoms with Crippen molar-refractivity contribution >= 4 is 16.9 Å². The van der Waals surface area contributed by atoms with Gasteiger partial charge in [-0.2, -0.15) is 0 Å². The van der Waals surface area contributed by atoms with Gasteiger partial charge in [-0.05, 0) is 0 Å². The Kier molecular flexibility index (Phi) is 0.974. The van der Waals surface area contributed by atoms with E-state index in [0.29, 0.717) is 15.8 Å². The fourth-order valence-electron chi connectivity index (χ4n) is 0.858. The van der Waals surface area contributed by atoms with Crippen molar-refractivity contribution < 1.29 is 4.73 Å². The molecule has 0 bridgehead atoms. The third kappa shape index (κ3) is 0.689. The van der Waals surface area contributed by atoms with Gasteiger partial charge in [0.1, 0.15) is 5.39 Å². The molecule has 0 saturated carbocycles. The van der Waals surface area contributed by atoms with E-state index in [1.807, 2.05) is 0 Å². The summed E-state index contributed by atoms with van der Waals surface area (Å²) in [6.07, 6.45) is 2.62. The first-order chi connectivity index (χ1) is 5.29. The maximum absolute atomic E-state index is 10.8. The molecule has 6 nitrogen and oxygen atoms in total. The second-order valence-electron chi connectivity index (χ2n) is 2.08. The van der Waals surface area contributed by atoms with Gasteiger partial charge in [-0.15, -0.1) is 5.10 Å². The predicted molar refractivity (Wildman–Crippen MR) is 37.3 cm³/mol. The van der Waals surface area contributed by atoms with Crippen molar-refractivity contribution in [3.8, 4) is 0 Å². The Morgan fingerprint density at radius 1 is 1.64 bits per heavy atom. The standard InChI is InChI=1S/C5H5N5O/c6-4-3-1-8-9-5(3)7-2-10(4)11/h1-2H,6H2,(H,7,8,9). The fraction of sp³-hybridized carbons (Fsp3) is 0. The Labute approximate surface area is 61.2 Å². The van der Waals surface area contributed by atoms with Gasteiger partial charge >= 0.3 is 0 Å². The molecule has 56 valence electrons. The lowest BCUT2D eigenvalue weighted by Gasteiger charge is -2.02. The summed E-state index contributed by atoms with van der Waals surface area (Å²) in [6.45, 7) is 0. The molecule has 6 heteroatoms. The lowest BCUT2D eigenvalue weighted by molar-refractivity contribution is -0.591. The summed E-state index contributed by atoms with van der Waals surface area (Å²) >= 11 is 0. The minimum Gasteiger partial charge on any atom is -0.740 e. The highest BCUT2D eigenvalue weighted by Crippen LogP contribution is 2.09. The Morgan fingerprint density at radius 3 is 3.27 bits per heavy atom. The van der Waals surface area contributed by atoms with Crippen LogP contribution < -0.4 is 10.5 Å². The number of nitrogens with zero attached hydrogens (tertiary/aromatic N) is 3. The Bertz CT molecular complexity index is 395. The SMILES string of the molecule is Nc1c2c[nH]nc2nc[n+]1[O-]. The second-order valence-corrected chi connectivity index (χ2v) is 2.08. The summed E-state index contributed by atoms with van der Waals surface area (Å²) in [7, 11) is 0. The van der Waals surface area contributed by atoms with Crippen molar-refractivity contribution in [3.05, 3.63) is 17.7 Å². The summed E-state index contributed by atoms with van der Waals surface area (Å²) in [5.74, 6) is 0.115. The molecule has 2 rings (SSSR count). The molecule has 3 N–H and O–H groups in total. The van der Waals surface area contributed by atoms with Crippen LogP contribution in [0, 0.1) is 5.21 Å². The van der Waals surface area contributed by atoms with E-state index in [9.17, 15) is 5.21 Å². The van der Waals surface area contributed by atoms with Gasteiger partial charge < -0.3 is 10.9 Å². The molecule has 0 aromatic carbocycles. The molecule has 0 amide bonds. The molecule has 2 aromatic rings. The van der Waals surface area contributed by atoms with E-state index < -0.39 is 0 Å². The summed E-state index contributed by atoms with van der Waals surface area (Å²) in [4.78, 5) is 3.73. The van der Waals surface area contributed by atoms with Gasteiger partial charge in [0.05, 0.1) is 0 Å². The van der Waals surface area contributed by atoms with Crippen LogP contribution in [0.2, 0.25) is 0 Å². The van der Waals surface area contributed by atoms with Crippen LogP contribution in [0.25, 0.3) is 11.0 Å². The number of nitrogen functional groups attached to an aromatic ring is 1. The molecule has 11 heavy (non-hydrogen) atoms. The summed E-state index contributed by atoms with van der Waals surface area (Å²) < 4.78 is 0.498. The van der Waals surface area contributed by atoms with Crippen molar-refractivity contribution in [3.63, 3.8) is 0 Å². The molecule has 0 aliphatic heterocycles. The Morgan fingerprint density at radius 2 is 2.45 bits per heavy atom. The van der Waals surface area contributed by atoms with Crippen molar-refractivity contribution in [2.45, 2.75) is 0 Å². The average Bonchev–Trinajstić information content (AvgIpc) is 2.45. The first-order valence-electron chi connectivity index (χ1n) is 2.96. The second kappa shape index (κ2) is 1.82. The number of aromatic nitrogens is 4. The molecular weight excluding hydrogens is 146 g/mol. The van der Waals surface area contributed by atoms with E-state index in [0.717, 1.165) is 6.33 Å². The van der Waals surface area contributed by atoms with E-state index in [4.69, 9.17) is 5.73 Å². The zero-order valence-corrected chi connectivity index (χ0v) is 5.48. The third-order valence-electron chi connectivity index (χ3n) is 1.42. The van der Waals surface area contributed by atoms with Gasteiger partial charge in [-0.1, -0.05) is 4.98 Å². The van der Waals surface area contributed by atoms with Crippen LogP contribution in [0.5, 0.6) is 0 Å². The summed E-state index contributed by atoms with van der Waals surface area (Å²) in [6, 6.07) is 0. The van der Waals surface area contributed by atoms with Crippen LogP contribution in [0.1, 0.15) is 0 Å². The minimum atomic E-state index is 0.115. The van der Waals surface area contributed by atoms with E-state index in [-0.39, 0.29) is 5.82 Å². The van der Waals surface area contributed by atoms with Crippen LogP contribution in [0.4, 0.5) is 5.82 Å². The Hall–Kier alpha value is -1.85. The van der Waals surface area contributed by atoms with Crippen molar-refractivity contribution in [1.29, 1.82) is 0 Å². The molecule has 2 heterocycles. The van der Waals surface area contributed by atoms with Gasteiger partial charge in [0.2, 0.25) is 12.1 Å². The summed E-state index contributed by atoms with van der Waals surface area (Å²) in [5, 5.41) is 17.7. The topological polar surface area (TPSA) is 94.5 Å². The maximum atomic E-state index is 10.8. The monoisotopic (exact) mass is 151 g/mol. The number of nitrogens with one attached hydrogen (secondary N) is 1. The fourth-order valence-corrected chi connectivity index (χ4v) is 0.858. The van der Waals surface area contributed by atoms with E-state index in [1.54, 1.807) is 0 Å². The van der Waals surface area contributed by atoms with Gasteiger partial charge in [0.25, 0.3) is 5.65 Å². The van der Waals surface area contributed by atoms with Gasteiger partial charge in [-0.25, -0.2) is 0 Å². The highest BCUT2D eigenvalue weighted by Gasteiger charge is 2.07. The molecule has 2 aromatic heterocycles. The zero-order chi connectivity index (χ0) is 7.84. The molecule has 0 fully saturated rings. The van der Waals surface area contributed by atoms with Crippen molar-refractivity contribution in [2.75, 3.05) is 5.73 Å². The minimum absolute atomic E-state index is 0.115. The number of fused-ring (bicyclic) bond motifs is 1. The van der Waals surface area contributed by atoms with E-state index in [2.05, 4.69) is 15.2 Å². The summed E-state index contributed by atoms with van der Waals surface area (Å²) in [5.41, 5.74) is 5.87. The maximum Gasteiger partial charge on any atom is 0.260 e. The molecule has 0 atom stereocenters. The molecular formula is C5H5N5O.